The number of ether oxygens (including phenoxy) is 1. The van der Waals surface area contributed by atoms with Crippen LogP contribution in [0.15, 0.2) is 30.5 Å². The molecule has 1 unspecified atom stereocenters. The summed E-state index contributed by atoms with van der Waals surface area (Å²) in [7, 11) is 0. The summed E-state index contributed by atoms with van der Waals surface area (Å²) in [5.41, 5.74) is 0.428. The molecule has 0 spiro atoms. The molecule has 1 aromatic heterocycles. The standard InChI is InChI=1S/C11H6F3NO3/c12-9(13)11(14)10(16)18-15-5-8(17-11)6-3-1-2-4-7(6)15/h1-5,9H. The average Bonchev–Trinajstić information content (AvgIpc) is 2.60. The number of carbonyl (C=O) groups excluding carboxylic acids is 1. The van der Waals surface area contributed by atoms with E-state index in [2.05, 4.69) is 9.57 Å². The van der Waals surface area contributed by atoms with Gasteiger partial charge in [-0.15, -0.1) is 0 Å². The zero-order valence-corrected chi connectivity index (χ0v) is 8.77. The second-order valence-corrected chi connectivity index (χ2v) is 3.76. The van der Waals surface area contributed by atoms with E-state index in [0.717, 1.165) is 10.9 Å². The minimum atomic E-state index is -3.78. The van der Waals surface area contributed by atoms with Gasteiger partial charge in [-0.05, 0) is 12.1 Å². The first-order valence-electron chi connectivity index (χ1n) is 5.01. The zero-order chi connectivity index (χ0) is 12.9. The number of rotatable bonds is 1. The number of hydrogen-bond acceptors (Lipinski definition) is 3. The van der Waals surface area contributed by atoms with Crippen molar-refractivity contribution in [3.8, 4) is 5.75 Å². The van der Waals surface area contributed by atoms with Gasteiger partial charge < -0.3 is 9.57 Å². The van der Waals surface area contributed by atoms with E-state index in [-0.39, 0.29) is 5.75 Å². The maximum Gasteiger partial charge on any atom is 0.416 e. The van der Waals surface area contributed by atoms with Crippen LogP contribution < -0.4 is 9.57 Å². The lowest BCUT2D eigenvalue weighted by molar-refractivity contribution is -0.205. The fourth-order valence-electron chi connectivity index (χ4n) is 1.76. The molecule has 0 saturated heterocycles. The quantitative estimate of drug-likeness (QED) is 0.783. The molecular formula is C11H6F3NO3. The van der Waals surface area contributed by atoms with Crippen molar-refractivity contribution in [2.75, 3.05) is 0 Å². The van der Waals surface area contributed by atoms with E-state index in [1.54, 1.807) is 24.3 Å². The van der Waals surface area contributed by atoms with Gasteiger partial charge in [-0.25, -0.2) is 13.6 Å². The highest BCUT2D eigenvalue weighted by molar-refractivity contribution is 5.90. The Morgan fingerprint density at radius 2 is 2.00 bits per heavy atom. The Hall–Kier alpha value is -2.18. The molecule has 3 rings (SSSR count). The minimum absolute atomic E-state index is 0.167. The van der Waals surface area contributed by atoms with Gasteiger partial charge in [-0.2, -0.15) is 9.12 Å². The van der Waals surface area contributed by atoms with Crippen LogP contribution in [0.4, 0.5) is 13.2 Å². The van der Waals surface area contributed by atoms with Gasteiger partial charge in [0.05, 0.1) is 11.7 Å². The number of aromatic nitrogens is 1. The number of carbonyl (C=O) groups is 1. The Labute approximate surface area is 98.5 Å². The van der Waals surface area contributed by atoms with Gasteiger partial charge in [-0.3, -0.25) is 0 Å². The first kappa shape index (κ1) is 10.9. The number of nitrogens with zero attached hydrogens (tertiary/aromatic N) is 1. The lowest BCUT2D eigenvalue weighted by Gasteiger charge is -2.22. The predicted octanol–water partition coefficient (Wildman–Crippen LogP) is 1.92. The molecule has 2 heterocycles. The number of para-hydroxylation sites is 1. The molecule has 2 aromatic rings. The van der Waals surface area contributed by atoms with Crippen molar-refractivity contribution in [1.29, 1.82) is 0 Å². The van der Waals surface area contributed by atoms with E-state index in [1.807, 2.05) is 0 Å². The first-order valence-corrected chi connectivity index (χ1v) is 5.01. The summed E-state index contributed by atoms with van der Waals surface area (Å²) in [5.74, 6) is -5.73. The molecule has 94 valence electrons. The molecule has 0 N–H and O–H groups in total. The summed E-state index contributed by atoms with van der Waals surface area (Å²) in [6.45, 7) is 0. The fourth-order valence-corrected chi connectivity index (χ4v) is 1.76. The molecule has 1 aliphatic heterocycles. The topological polar surface area (TPSA) is 40.5 Å². The SMILES string of the molecule is O=C1On2cc(c3ccccc32)OC1(F)C(F)F. The van der Waals surface area contributed by atoms with Crippen LogP contribution in [0.1, 0.15) is 0 Å². The Morgan fingerprint density at radius 3 is 2.72 bits per heavy atom. The Morgan fingerprint density at radius 1 is 1.28 bits per heavy atom. The molecule has 1 aromatic carbocycles. The Kier molecular flexibility index (Phi) is 2.07. The molecule has 7 heteroatoms. The van der Waals surface area contributed by atoms with Crippen LogP contribution in [0.5, 0.6) is 5.75 Å². The van der Waals surface area contributed by atoms with Gasteiger partial charge in [0, 0.05) is 5.39 Å². The third kappa shape index (κ3) is 1.30. The number of alkyl halides is 3. The maximum atomic E-state index is 13.8. The molecule has 2 bridgehead atoms. The van der Waals surface area contributed by atoms with E-state index in [0.29, 0.717) is 10.9 Å². The summed E-state index contributed by atoms with van der Waals surface area (Å²) < 4.78 is 44.4. The van der Waals surface area contributed by atoms with Crippen LogP contribution in [-0.2, 0) is 4.79 Å². The maximum absolute atomic E-state index is 13.8. The van der Waals surface area contributed by atoms with Crippen LogP contribution >= 0.6 is 0 Å². The van der Waals surface area contributed by atoms with Crippen molar-refractivity contribution >= 4 is 16.9 Å². The largest absolute Gasteiger partial charge is 0.442 e. The molecule has 0 radical (unpaired) electrons. The third-order valence-corrected chi connectivity index (χ3v) is 2.64. The third-order valence-electron chi connectivity index (χ3n) is 2.64. The summed E-state index contributed by atoms with van der Waals surface area (Å²) >= 11 is 0. The minimum Gasteiger partial charge on any atom is -0.442 e. The Bertz CT molecular complexity index is 639. The number of halogens is 3. The number of benzene rings is 1. The van der Waals surface area contributed by atoms with E-state index >= 15 is 0 Å². The van der Waals surface area contributed by atoms with Crippen molar-refractivity contribution < 1.29 is 27.5 Å². The van der Waals surface area contributed by atoms with Gasteiger partial charge in [0.2, 0.25) is 0 Å². The molecule has 0 aliphatic carbocycles. The molecule has 4 nitrogen and oxygen atoms in total. The van der Waals surface area contributed by atoms with Crippen molar-refractivity contribution in [2.45, 2.75) is 12.3 Å². The van der Waals surface area contributed by atoms with Gasteiger partial charge in [-0.1, -0.05) is 12.1 Å². The smallest absolute Gasteiger partial charge is 0.416 e. The molecule has 0 amide bonds. The van der Waals surface area contributed by atoms with Crippen LogP contribution in [0.25, 0.3) is 10.9 Å². The van der Waals surface area contributed by atoms with E-state index in [1.165, 1.54) is 0 Å². The molecule has 1 aliphatic rings. The number of hydrogen-bond donors (Lipinski definition) is 0. The molecule has 18 heavy (non-hydrogen) atoms. The highest BCUT2D eigenvalue weighted by Gasteiger charge is 2.55. The van der Waals surface area contributed by atoms with Gasteiger partial charge in [0.25, 0.3) is 0 Å². The summed E-state index contributed by atoms with van der Waals surface area (Å²) in [6, 6.07) is 6.43. The first-order chi connectivity index (χ1) is 8.52. The summed E-state index contributed by atoms with van der Waals surface area (Å²) in [4.78, 5) is 15.8. The lowest BCUT2D eigenvalue weighted by atomic mass is 10.2. The number of fused-ring (bicyclic) bond motifs is 5. The molecule has 1 atom stereocenters. The molecule has 0 fully saturated rings. The van der Waals surface area contributed by atoms with Gasteiger partial charge in [0.15, 0.2) is 5.75 Å². The second-order valence-electron chi connectivity index (χ2n) is 3.76. The average molecular weight is 257 g/mol. The van der Waals surface area contributed by atoms with Crippen LogP contribution in [-0.4, -0.2) is 23.0 Å². The summed E-state index contributed by atoms with van der Waals surface area (Å²) in [6.07, 6.45) is -2.50. The van der Waals surface area contributed by atoms with Gasteiger partial charge in [0.1, 0.15) is 0 Å². The van der Waals surface area contributed by atoms with Gasteiger partial charge >= 0.3 is 18.2 Å². The van der Waals surface area contributed by atoms with E-state index < -0.39 is 18.2 Å². The molecule has 0 saturated carbocycles. The normalized spacial score (nSPS) is 22.8. The van der Waals surface area contributed by atoms with Crippen LogP contribution in [0, 0.1) is 0 Å². The van der Waals surface area contributed by atoms with Crippen molar-refractivity contribution in [3.63, 3.8) is 0 Å². The highest BCUT2D eigenvalue weighted by atomic mass is 19.3. The molecular weight excluding hydrogens is 251 g/mol. The van der Waals surface area contributed by atoms with Crippen molar-refractivity contribution in [3.05, 3.63) is 30.5 Å². The fraction of sp³-hybridized carbons (Fsp3) is 0.182. The van der Waals surface area contributed by atoms with E-state index in [9.17, 15) is 18.0 Å². The van der Waals surface area contributed by atoms with E-state index in [4.69, 9.17) is 0 Å². The van der Waals surface area contributed by atoms with Crippen LogP contribution in [0.2, 0.25) is 0 Å². The predicted molar refractivity (Wildman–Crippen MR) is 54.0 cm³/mol. The van der Waals surface area contributed by atoms with Crippen LogP contribution in [0.3, 0.4) is 0 Å². The zero-order valence-electron chi connectivity index (χ0n) is 8.77. The second kappa shape index (κ2) is 3.41. The highest BCUT2D eigenvalue weighted by Crippen LogP contribution is 2.36. The van der Waals surface area contributed by atoms with Crippen molar-refractivity contribution in [1.82, 2.24) is 4.73 Å². The summed E-state index contributed by atoms with van der Waals surface area (Å²) in [5, 5.41) is 0.382. The lowest BCUT2D eigenvalue weighted by Crippen LogP contribution is -2.50. The van der Waals surface area contributed by atoms with Crippen molar-refractivity contribution in [2.24, 2.45) is 0 Å². The Balaban J connectivity index is 2.21. The monoisotopic (exact) mass is 257 g/mol.